The average Bonchev–Trinajstić information content (AvgIpc) is 2.46. The molecule has 0 spiro atoms. The lowest BCUT2D eigenvalue weighted by Gasteiger charge is -2.06. The third-order valence-corrected chi connectivity index (χ3v) is 2.28. The van der Waals surface area contributed by atoms with Crippen LogP contribution in [0.4, 0.5) is 11.5 Å². The first-order valence-corrected chi connectivity index (χ1v) is 5.14. The van der Waals surface area contributed by atoms with Crippen LogP contribution in [0.1, 0.15) is 18.5 Å². The van der Waals surface area contributed by atoms with Crippen molar-refractivity contribution in [3.63, 3.8) is 0 Å². The molecule has 1 rings (SSSR count). The zero-order valence-corrected chi connectivity index (χ0v) is 9.91. The quantitative estimate of drug-likeness (QED) is 0.723. The number of nitrogens with one attached hydrogen (secondary N) is 1. The third kappa shape index (κ3) is 2.96. The van der Waals surface area contributed by atoms with Crippen LogP contribution in [0.5, 0.6) is 0 Å². The number of aromatic nitrogens is 2. The molecule has 3 N–H and O–H groups in total. The van der Waals surface area contributed by atoms with Crippen LogP contribution in [0.3, 0.4) is 0 Å². The van der Waals surface area contributed by atoms with Gasteiger partial charge in [0.2, 0.25) is 5.91 Å². The second-order valence-corrected chi connectivity index (χ2v) is 3.62. The minimum Gasteiger partial charge on any atom is -0.394 e. The molecule has 0 saturated heterocycles. The van der Waals surface area contributed by atoms with Gasteiger partial charge in [-0.3, -0.25) is 9.48 Å². The van der Waals surface area contributed by atoms with Gasteiger partial charge in [0.1, 0.15) is 0 Å². The Hall–Kier alpha value is -1.56. The molecular formula is C10H18N4O2. The zero-order valence-electron chi connectivity index (χ0n) is 9.91. The highest BCUT2D eigenvalue weighted by Gasteiger charge is 2.12. The van der Waals surface area contributed by atoms with Crippen molar-refractivity contribution >= 4 is 17.4 Å². The minimum atomic E-state index is -0.0771. The molecule has 0 bridgehead atoms. The Morgan fingerprint density at radius 3 is 2.81 bits per heavy atom. The van der Waals surface area contributed by atoms with E-state index in [4.69, 9.17) is 10.5 Å². The number of nitrogens with two attached hydrogens (primary N) is 1. The number of nitrogens with zero attached hydrogens (tertiary/aromatic N) is 2. The van der Waals surface area contributed by atoms with Crippen molar-refractivity contribution in [2.45, 2.75) is 19.8 Å². The van der Waals surface area contributed by atoms with Crippen LogP contribution in [-0.2, 0) is 16.6 Å². The first-order chi connectivity index (χ1) is 7.56. The van der Waals surface area contributed by atoms with Gasteiger partial charge in [0.25, 0.3) is 0 Å². The highest BCUT2D eigenvalue weighted by molar-refractivity contribution is 5.92. The summed E-state index contributed by atoms with van der Waals surface area (Å²) in [4.78, 5) is 11.5. The molecule has 6 nitrogen and oxygen atoms in total. The monoisotopic (exact) mass is 226 g/mol. The van der Waals surface area contributed by atoms with Gasteiger partial charge in [0, 0.05) is 27.2 Å². The van der Waals surface area contributed by atoms with Crippen LogP contribution in [0.15, 0.2) is 0 Å². The smallest absolute Gasteiger partial charge is 0.225 e. The van der Waals surface area contributed by atoms with Gasteiger partial charge in [-0.15, -0.1) is 0 Å². The highest BCUT2D eigenvalue weighted by atomic mass is 16.5. The molecule has 1 amide bonds. The first-order valence-electron chi connectivity index (χ1n) is 5.14. The number of aryl methyl sites for hydroxylation is 2. The van der Waals surface area contributed by atoms with E-state index in [0.29, 0.717) is 31.0 Å². The fourth-order valence-corrected chi connectivity index (χ4v) is 1.39. The van der Waals surface area contributed by atoms with Gasteiger partial charge in [-0.05, 0) is 13.3 Å². The van der Waals surface area contributed by atoms with Crippen molar-refractivity contribution in [3.05, 3.63) is 5.69 Å². The Morgan fingerprint density at radius 1 is 1.62 bits per heavy atom. The van der Waals surface area contributed by atoms with Crippen molar-refractivity contribution in [2.75, 3.05) is 24.8 Å². The van der Waals surface area contributed by atoms with Gasteiger partial charge in [0.05, 0.1) is 11.4 Å². The lowest BCUT2D eigenvalue weighted by atomic mass is 10.3. The Morgan fingerprint density at radius 2 is 2.31 bits per heavy atom. The number of nitrogen functional groups attached to an aromatic ring is 1. The molecule has 16 heavy (non-hydrogen) atoms. The molecule has 1 heterocycles. The molecule has 1 aromatic rings. The largest absolute Gasteiger partial charge is 0.394 e. The van der Waals surface area contributed by atoms with Crippen molar-refractivity contribution in [1.82, 2.24) is 9.78 Å². The average molecular weight is 226 g/mol. The van der Waals surface area contributed by atoms with Crippen molar-refractivity contribution < 1.29 is 9.53 Å². The standard InChI is InChI=1S/C10H18N4O2/c1-7-9(11)10(14(2)13-7)12-8(15)5-4-6-16-3/h4-6,11H2,1-3H3,(H,12,15). The molecule has 0 saturated carbocycles. The lowest BCUT2D eigenvalue weighted by molar-refractivity contribution is -0.116. The lowest BCUT2D eigenvalue weighted by Crippen LogP contribution is -2.15. The molecule has 0 atom stereocenters. The van der Waals surface area contributed by atoms with E-state index in [0.717, 1.165) is 5.69 Å². The number of carbonyl (C=O) groups excluding carboxylic acids is 1. The summed E-state index contributed by atoms with van der Waals surface area (Å²) < 4.78 is 6.44. The van der Waals surface area contributed by atoms with Crippen LogP contribution < -0.4 is 11.1 Å². The fourth-order valence-electron chi connectivity index (χ4n) is 1.39. The molecule has 1 aromatic heterocycles. The van der Waals surface area contributed by atoms with E-state index in [-0.39, 0.29) is 5.91 Å². The summed E-state index contributed by atoms with van der Waals surface area (Å²) in [5.41, 5.74) is 7.02. The molecule has 0 aliphatic carbocycles. The van der Waals surface area contributed by atoms with Crippen molar-refractivity contribution in [2.24, 2.45) is 7.05 Å². The predicted octanol–water partition coefficient (Wildman–Crippen LogP) is 0.676. The van der Waals surface area contributed by atoms with E-state index in [1.165, 1.54) is 0 Å². The summed E-state index contributed by atoms with van der Waals surface area (Å²) in [7, 11) is 3.36. The molecule has 0 aromatic carbocycles. The molecule has 90 valence electrons. The number of ether oxygens (including phenoxy) is 1. The number of rotatable bonds is 5. The molecule has 0 fully saturated rings. The van der Waals surface area contributed by atoms with Gasteiger partial charge >= 0.3 is 0 Å². The van der Waals surface area contributed by atoms with Crippen LogP contribution >= 0.6 is 0 Å². The van der Waals surface area contributed by atoms with Crippen molar-refractivity contribution in [1.29, 1.82) is 0 Å². The van der Waals surface area contributed by atoms with Crippen molar-refractivity contribution in [3.8, 4) is 0 Å². The number of amides is 1. The van der Waals surface area contributed by atoms with E-state index < -0.39 is 0 Å². The summed E-state index contributed by atoms with van der Waals surface area (Å²) in [5.74, 6) is 0.478. The van der Waals surface area contributed by atoms with Gasteiger partial charge in [-0.2, -0.15) is 5.10 Å². The zero-order chi connectivity index (χ0) is 12.1. The Bertz CT molecular complexity index is 373. The summed E-state index contributed by atoms with van der Waals surface area (Å²) in [6.07, 6.45) is 1.11. The second-order valence-electron chi connectivity index (χ2n) is 3.62. The number of hydrogen-bond donors (Lipinski definition) is 2. The fraction of sp³-hybridized carbons (Fsp3) is 0.600. The van der Waals surface area contributed by atoms with Gasteiger partial charge < -0.3 is 15.8 Å². The summed E-state index contributed by atoms with van der Waals surface area (Å²) in [6.45, 7) is 2.38. The molecular weight excluding hydrogens is 208 g/mol. The van der Waals surface area contributed by atoms with Crippen LogP contribution in [0.25, 0.3) is 0 Å². The summed E-state index contributed by atoms with van der Waals surface area (Å²) in [6, 6.07) is 0. The number of anilines is 2. The van der Waals surface area contributed by atoms with E-state index in [9.17, 15) is 4.79 Å². The summed E-state index contributed by atoms with van der Waals surface area (Å²) >= 11 is 0. The van der Waals surface area contributed by atoms with Gasteiger partial charge in [-0.1, -0.05) is 0 Å². The predicted molar refractivity (Wildman–Crippen MR) is 62.1 cm³/mol. The molecule has 0 unspecified atom stereocenters. The van der Waals surface area contributed by atoms with E-state index in [2.05, 4.69) is 10.4 Å². The second kappa shape index (κ2) is 5.50. The van der Waals surface area contributed by atoms with Crippen LogP contribution in [0, 0.1) is 6.92 Å². The van der Waals surface area contributed by atoms with E-state index >= 15 is 0 Å². The number of methoxy groups -OCH3 is 1. The maximum absolute atomic E-state index is 11.5. The SMILES string of the molecule is COCCCC(=O)Nc1c(N)c(C)nn1C. The van der Waals surface area contributed by atoms with Gasteiger partial charge in [0.15, 0.2) is 5.82 Å². The normalized spacial score (nSPS) is 10.4. The van der Waals surface area contributed by atoms with E-state index in [1.54, 1.807) is 25.8 Å². The number of hydrogen-bond acceptors (Lipinski definition) is 4. The van der Waals surface area contributed by atoms with Crippen LogP contribution in [-0.4, -0.2) is 29.4 Å². The van der Waals surface area contributed by atoms with Gasteiger partial charge in [-0.25, -0.2) is 0 Å². The Balaban J connectivity index is 2.56. The molecule has 0 aliphatic heterocycles. The Kier molecular flexibility index (Phi) is 4.30. The number of carbonyl (C=O) groups is 1. The molecule has 6 heteroatoms. The maximum Gasteiger partial charge on any atom is 0.225 e. The van der Waals surface area contributed by atoms with E-state index in [1.807, 2.05) is 0 Å². The topological polar surface area (TPSA) is 82.2 Å². The molecule has 0 radical (unpaired) electrons. The molecule has 0 aliphatic rings. The minimum absolute atomic E-state index is 0.0771. The summed E-state index contributed by atoms with van der Waals surface area (Å²) in [5, 5.41) is 6.85. The first kappa shape index (κ1) is 12.5. The van der Waals surface area contributed by atoms with Crippen LogP contribution in [0.2, 0.25) is 0 Å². The highest BCUT2D eigenvalue weighted by Crippen LogP contribution is 2.20. The maximum atomic E-state index is 11.5. The third-order valence-electron chi connectivity index (χ3n) is 2.28. The Labute approximate surface area is 94.8 Å².